The number of hydrogen-bond donors (Lipinski definition) is 3. The Morgan fingerprint density at radius 3 is 2.50 bits per heavy atom. The first-order valence-electron chi connectivity index (χ1n) is 6.97. The van der Waals surface area contributed by atoms with Crippen LogP contribution in [0.25, 0.3) is 0 Å². The van der Waals surface area contributed by atoms with E-state index in [-0.39, 0.29) is 17.4 Å². The maximum absolute atomic E-state index is 12.2. The number of aliphatic hydroxyl groups excluding tert-OH is 1. The average molecular weight is 357 g/mol. The first-order chi connectivity index (χ1) is 11.5. The van der Waals surface area contributed by atoms with Gasteiger partial charge in [0.2, 0.25) is 0 Å². The van der Waals surface area contributed by atoms with Crippen molar-refractivity contribution >= 4 is 23.3 Å². The molecule has 2 rings (SSSR count). The fourth-order valence-electron chi connectivity index (χ4n) is 2.02. The number of carbonyl (C=O) groups excluding carboxylic acids is 1. The lowest BCUT2D eigenvalue weighted by atomic mass is 10.1. The van der Waals surface area contributed by atoms with Crippen molar-refractivity contribution in [1.82, 2.24) is 5.32 Å². The standard InChI is InChI=1S/C16H15ClF2N2O3/c17-12-8-11(6-7-14(12)24-15(18)19)20-16(23)21-13(9-22)10-4-2-1-3-5-10/h1-8,13,15,22H,9H2,(H2,20,21,23)/t13-/m1/s1. The summed E-state index contributed by atoms with van der Waals surface area (Å²) < 4.78 is 28.6. The molecule has 0 fully saturated rings. The van der Waals surface area contributed by atoms with Gasteiger partial charge in [-0.1, -0.05) is 41.9 Å². The van der Waals surface area contributed by atoms with Crippen molar-refractivity contribution in [2.45, 2.75) is 12.7 Å². The van der Waals surface area contributed by atoms with Crippen LogP contribution in [0.3, 0.4) is 0 Å². The molecule has 3 N–H and O–H groups in total. The lowest BCUT2D eigenvalue weighted by Gasteiger charge is -2.17. The molecule has 0 spiro atoms. The highest BCUT2D eigenvalue weighted by Crippen LogP contribution is 2.29. The molecule has 0 bridgehead atoms. The Bertz CT molecular complexity index is 686. The van der Waals surface area contributed by atoms with Crippen LogP contribution >= 0.6 is 11.6 Å². The largest absolute Gasteiger partial charge is 0.433 e. The zero-order chi connectivity index (χ0) is 17.5. The van der Waals surface area contributed by atoms with Crippen molar-refractivity contribution in [2.24, 2.45) is 0 Å². The first kappa shape index (κ1) is 18.0. The molecule has 2 aromatic rings. The SMILES string of the molecule is O=C(Nc1ccc(OC(F)F)c(Cl)c1)N[C@H](CO)c1ccccc1. The second-order valence-corrected chi connectivity index (χ2v) is 5.18. The van der Waals surface area contributed by atoms with E-state index >= 15 is 0 Å². The lowest BCUT2D eigenvalue weighted by Crippen LogP contribution is -2.34. The Morgan fingerprint density at radius 1 is 1.21 bits per heavy atom. The van der Waals surface area contributed by atoms with Crippen LogP contribution < -0.4 is 15.4 Å². The van der Waals surface area contributed by atoms with Gasteiger partial charge in [-0.3, -0.25) is 0 Å². The predicted molar refractivity (Wildman–Crippen MR) is 86.5 cm³/mol. The number of nitrogens with one attached hydrogen (secondary N) is 2. The number of urea groups is 1. The summed E-state index contributed by atoms with van der Waals surface area (Å²) in [7, 11) is 0. The summed E-state index contributed by atoms with van der Waals surface area (Å²) in [4.78, 5) is 12.0. The summed E-state index contributed by atoms with van der Waals surface area (Å²) in [5.41, 5.74) is 1.04. The Labute approximate surface area is 142 Å². The molecule has 0 aliphatic rings. The van der Waals surface area contributed by atoms with Crippen LogP contribution in [0.2, 0.25) is 5.02 Å². The first-order valence-corrected chi connectivity index (χ1v) is 7.35. The fourth-order valence-corrected chi connectivity index (χ4v) is 2.24. The molecule has 8 heteroatoms. The third-order valence-electron chi connectivity index (χ3n) is 3.10. The topological polar surface area (TPSA) is 70.6 Å². The molecule has 0 saturated carbocycles. The summed E-state index contributed by atoms with van der Waals surface area (Å²) in [6.45, 7) is -3.26. The van der Waals surface area contributed by atoms with Gasteiger partial charge < -0.3 is 20.5 Å². The second-order valence-electron chi connectivity index (χ2n) is 4.77. The van der Waals surface area contributed by atoms with Crippen LogP contribution in [0, 0.1) is 0 Å². The number of aliphatic hydroxyl groups is 1. The maximum Gasteiger partial charge on any atom is 0.387 e. The van der Waals surface area contributed by atoms with Gasteiger partial charge in [-0.2, -0.15) is 8.78 Å². The summed E-state index contributed by atoms with van der Waals surface area (Å²) in [5, 5.41) is 14.5. The molecule has 2 amide bonds. The van der Waals surface area contributed by atoms with E-state index in [1.54, 1.807) is 24.3 Å². The predicted octanol–water partition coefficient (Wildman–Crippen LogP) is 3.80. The molecule has 0 saturated heterocycles. The van der Waals surface area contributed by atoms with Crippen LogP contribution in [-0.2, 0) is 0 Å². The monoisotopic (exact) mass is 356 g/mol. The van der Waals surface area contributed by atoms with Crippen LogP contribution in [0.1, 0.15) is 11.6 Å². The number of hydrogen-bond acceptors (Lipinski definition) is 3. The minimum atomic E-state index is -2.99. The smallest absolute Gasteiger partial charge is 0.387 e. The fraction of sp³-hybridized carbons (Fsp3) is 0.188. The van der Waals surface area contributed by atoms with Crippen LogP contribution in [0.15, 0.2) is 48.5 Å². The Hall–Kier alpha value is -2.38. The molecule has 128 valence electrons. The van der Waals surface area contributed by atoms with Gasteiger partial charge >= 0.3 is 12.6 Å². The van der Waals surface area contributed by atoms with Crippen molar-refractivity contribution in [3.63, 3.8) is 0 Å². The maximum atomic E-state index is 12.2. The molecule has 0 unspecified atom stereocenters. The average Bonchev–Trinajstić information content (AvgIpc) is 2.55. The summed E-state index contributed by atoms with van der Waals surface area (Å²) in [6.07, 6.45) is 0. The minimum Gasteiger partial charge on any atom is -0.433 e. The minimum absolute atomic E-state index is 0.0603. The summed E-state index contributed by atoms with van der Waals surface area (Å²) >= 11 is 5.82. The lowest BCUT2D eigenvalue weighted by molar-refractivity contribution is -0.0497. The third-order valence-corrected chi connectivity index (χ3v) is 3.39. The van der Waals surface area contributed by atoms with Crippen LogP contribution in [0.5, 0.6) is 5.75 Å². The molecule has 0 heterocycles. The number of carbonyl (C=O) groups is 1. The van der Waals surface area contributed by atoms with E-state index in [1.165, 1.54) is 18.2 Å². The van der Waals surface area contributed by atoms with Gasteiger partial charge in [-0.25, -0.2) is 4.79 Å². The highest BCUT2D eigenvalue weighted by atomic mass is 35.5. The van der Waals surface area contributed by atoms with E-state index in [9.17, 15) is 18.7 Å². The number of benzene rings is 2. The molecular formula is C16H15ClF2N2O3. The van der Waals surface area contributed by atoms with Gasteiger partial charge in [-0.05, 0) is 23.8 Å². The number of ether oxygens (including phenoxy) is 1. The van der Waals surface area contributed by atoms with Gasteiger partial charge in [0.25, 0.3) is 0 Å². The molecule has 0 aliphatic carbocycles. The van der Waals surface area contributed by atoms with Crippen molar-refractivity contribution in [2.75, 3.05) is 11.9 Å². The Morgan fingerprint density at radius 2 is 1.92 bits per heavy atom. The van der Waals surface area contributed by atoms with Crippen molar-refractivity contribution in [3.05, 3.63) is 59.1 Å². The zero-order valence-corrected chi connectivity index (χ0v) is 13.1. The molecular weight excluding hydrogens is 342 g/mol. The molecule has 5 nitrogen and oxygen atoms in total. The summed E-state index contributed by atoms with van der Waals surface area (Å²) in [6, 6.07) is 11.7. The number of rotatable bonds is 6. The molecule has 0 radical (unpaired) electrons. The second kappa shape index (κ2) is 8.47. The van der Waals surface area contributed by atoms with E-state index in [0.717, 1.165) is 5.56 Å². The third kappa shape index (κ3) is 5.07. The highest BCUT2D eigenvalue weighted by Gasteiger charge is 2.14. The van der Waals surface area contributed by atoms with Gasteiger partial charge in [0.1, 0.15) is 5.75 Å². The molecule has 24 heavy (non-hydrogen) atoms. The number of amides is 2. The Balaban J connectivity index is 2.00. The van der Waals surface area contributed by atoms with Crippen LogP contribution in [0.4, 0.5) is 19.3 Å². The van der Waals surface area contributed by atoms with E-state index in [4.69, 9.17) is 11.6 Å². The number of halogens is 3. The molecule has 0 aliphatic heterocycles. The van der Waals surface area contributed by atoms with E-state index in [0.29, 0.717) is 5.69 Å². The van der Waals surface area contributed by atoms with Gasteiger partial charge in [0, 0.05) is 5.69 Å². The highest BCUT2D eigenvalue weighted by molar-refractivity contribution is 6.32. The molecule has 1 atom stereocenters. The van der Waals surface area contributed by atoms with Gasteiger partial charge in [0.05, 0.1) is 17.7 Å². The Kier molecular flexibility index (Phi) is 6.34. The normalized spacial score (nSPS) is 11.9. The zero-order valence-electron chi connectivity index (χ0n) is 12.4. The number of alkyl halides is 2. The van der Waals surface area contributed by atoms with E-state index < -0.39 is 18.7 Å². The van der Waals surface area contributed by atoms with Gasteiger partial charge in [-0.15, -0.1) is 0 Å². The van der Waals surface area contributed by atoms with Crippen molar-refractivity contribution in [3.8, 4) is 5.75 Å². The molecule has 0 aromatic heterocycles. The van der Waals surface area contributed by atoms with Gasteiger partial charge in [0.15, 0.2) is 0 Å². The van der Waals surface area contributed by atoms with Crippen molar-refractivity contribution < 1.29 is 23.4 Å². The van der Waals surface area contributed by atoms with Crippen LogP contribution in [-0.4, -0.2) is 24.4 Å². The molecule has 2 aromatic carbocycles. The number of anilines is 1. The summed E-state index contributed by atoms with van der Waals surface area (Å²) in [5.74, 6) is -0.185. The van der Waals surface area contributed by atoms with E-state index in [1.807, 2.05) is 6.07 Å². The van der Waals surface area contributed by atoms with Crippen molar-refractivity contribution in [1.29, 1.82) is 0 Å². The van der Waals surface area contributed by atoms with E-state index in [2.05, 4.69) is 15.4 Å². The quantitative estimate of drug-likeness (QED) is 0.737.